The average molecular weight is 425 g/mol. The highest BCUT2D eigenvalue weighted by Crippen LogP contribution is 2.32. The number of amides is 1. The van der Waals surface area contributed by atoms with E-state index in [1.807, 2.05) is 45.6 Å². The summed E-state index contributed by atoms with van der Waals surface area (Å²) < 4.78 is 12.5. The van der Waals surface area contributed by atoms with Crippen molar-refractivity contribution in [3.8, 4) is 22.2 Å². The van der Waals surface area contributed by atoms with Crippen molar-refractivity contribution in [3.05, 3.63) is 58.4 Å². The van der Waals surface area contributed by atoms with Gasteiger partial charge in [0.1, 0.15) is 0 Å². The standard InChI is InChI=1S/C20H16N4O3S2/c25-18(6-4-13-3-5-15-16(10-13)27-12-26-15)21-8-7-14-11-29-20-22-19(23-24(14)20)17-2-1-9-28-17/h1-6,9-11H,7-8,12H2,(H,21,25)/b6-4+. The van der Waals surface area contributed by atoms with E-state index in [9.17, 15) is 4.79 Å². The lowest BCUT2D eigenvalue weighted by molar-refractivity contribution is -0.116. The van der Waals surface area contributed by atoms with Gasteiger partial charge in [-0.2, -0.15) is 4.98 Å². The third kappa shape index (κ3) is 3.74. The van der Waals surface area contributed by atoms with Crippen molar-refractivity contribution < 1.29 is 14.3 Å². The molecule has 0 radical (unpaired) electrons. The second kappa shape index (κ2) is 7.69. The fraction of sp³-hybridized carbons (Fsp3) is 0.150. The number of aromatic nitrogens is 3. The molecule has 1 aliphatic rings. The average Bonchev–Trinajstić information content (AvgIpc) is 3.50. The van der Waals surface area contributed by atoms with Crippen LogP contribution in [0, 0.1) is 0 Å². The van der Waals surface area contributed by atoms with E-state index in [4.69, 9.17) is 9.47 Å². The number of thiazole rings is 1. The molecule has 0 saturated heterocycles. The molecule has 29 heavy (non-hydrogen) atoms. The van der Waals surface area contributed by atoms with Gasteiger partial charge in [0.2, 0.25) is 17.7 Å². The number of thiophene rings is 1. The fourth-order valence-corrected chi connectivity index (χ4v) is 4.48. The van der Waals surface area contributed by atoms with Gasteiger partial charge in [-0.1, -0.05) is 12.1 Å². The predicted octanol–water partition coefficient (Wildman–Crippen LogP) is 3.62. The lowest BCUT2D eigenvalue weighted by atomic mass is 10.2. The Morgan fingerprint density at radius 2 is 2.17 bits per heavy atom. The van der Waals surface area contributed by atoms with Gasteiger partial charge in [0.15, 0.2) is 17.3 Å². The molecule has 1 aromatic carbocycles. The monoisotopic (exact) mass is 424 g/mol. The van der Waals surface area contributed by atoms with Crippen LogP contribution in [0.3, 0.4) is 0 Å². The van der Waals surface area contributed by atoms with Crippen molar-refractivity contribution in [2.75, 3.05) is 13.3 Å². The molecule has 0 spiro atoms. The summed E-state index contributed by atoms with van der Waals surface area (Å²) in [6.45, 7) is 0.754. The Labute approximate surface area is 174 Å². The van der Waals surface area contributed by atoms with Crippen LogP contribution in [-0.2, 0) is 11.2 Å². The van der Waals surface area contributed by atoms with Crippen molar-refractivity contribution in [1.29, 1.82) is 0 Å². The van der Waals surface area contributed by atoms with Gasteiger partial charge in [0, 0.05) is 24.4 Å². The minimum Gasteiger partial charge on any atom is -0.454 e. The summed E-state index contributed by atoms with van der Waals surface area (Å²) in [4.78, 5) is 18.6. The zero-order chi connectivity index (χ0) is 19.6. The first-order chi connectivity index (χ1) is 14.3. The first-order valence-corrected chi connectivity index (χ1v) is 10.7. The van der Waals surface area contributed by atoms with Gasteiger partial charge in [-0.15, -0.1) is 27.8 Å². The zero-order valence-electron chi connectivity index (χ0n) is 15.2. The molecule has 7 nitrogen and oxygen atoms in total. The molecule has 9 heteroatoms. The topological polar surface area (TPSA) is 77.8 Å². The Morgan fingerprint density at radius 3 is 3.07 bits per heavy atom. The summed E-state index contributed by atoms with van der Waals surface area (Å²) in [7, 11) is 0. The van der Waals surface area contributed by atoms with Gasteiger partial charge in [0.05, 0.1) is 10.6 Å². The molecule has 1 amide bonds. The van der Waals surface area contributed by atoms with E-state index in [-0.39, 0.29) is 12.7 Å². The third-order valence-corrected chi connectivity index (χ3v) is 6.13. The van der Waals surface area contributed by atoms with Crippen LogP contribution in [0.15, 0.2) is 47.2 Å². The molecule has 146 valence electrons. The Balaban J connectivity index is 1.18. The van der Waals surface area contributed by atoms with E-state index < -0.39 is 0 Å². The van der Waals surface area contributed by atoms with Crippen molar-refractivity contribution in [2.45, 2.75) is 6.42 Å². The van der Waals surface area contributed by atoms with Gasteiger partial charge in [-0.3, -0.25) is 4.79 Å². The predicted molar refractivity (Wildman–Crippen MR) is 112 cm³/mol. The second-order valence-electron chi connectivity index (χ2n) is 6.32. The minimum atomic E-state index is -0.146. The van der Waals surface area contributed by atoms with E-state index >= 15 is 0 Å². The van der Waals surface area contributed by atoms with Crippen molar-refractivity contribution in [1.82, 2.24) is 19.9 Å². The number of benzene rings is 1. The third-order valence-electron chi connectivity index (χ3n) is 4.40. The number of fused-ring (bicyclic) bond motifs is 2. The molecule has 0 atom stereocenters. The van der Waals surface area contributed by atoms with E-state index in [1.165, 1.54) is 6.08 Å². The van der Waals surface area contributed by atoms with Crippen molar-refractivity contribution in [3.63, 3.8) is 0 Å². The van der Waals surface area contributed by atoms with Gasteiger partial charge in [-0.25, -0.2) is 4.52 Å². The van der Waals surface area contributed by atoms with E-state index in [0.29, 0.717) is 18.7 Å². The molecule has 5 rings (SSSR count). The zero-order valence-corrected chi connectivity index (χ0v) is 16.8. The van der Waals surface area contributed by atoms with Crippen LogP contribution in [-0.4, -0.2) is 33.8 Å². The van der Waals surface area contributed by atoms with E-state index in [1.54, 1.807) is 28.7 Å². The summed E-state index contributed by atoms with van der Waals surface area (Å²) >= 11 is 3.17. The van der Waals surface area contributed by atoms with Gasteiger partial charge < -0.3 is 14.8 Å². The summed E-state index contributed by atoms with van der Waals surface area (Å²) in [6, 6.07) is 9.57. The number of nitrogens with zero attached hydrogens (tertiary/aromatic N) is 3. The molecule has 0 unspecified atom stereocenters. The number of nitrogens with one attached hydrogen (secondary N) is 1. The van der Waals surface area contributed by atoms with Crippen molar-refractivity contribution in [2.24, 2.45) is 0 Å². The quantitative estimate of drug-likeness (QED) is 0.479. The summed E-state index contributed by atoms with van der Waals surface area (Å²) in [6.07, 6.45) is 3.95. The van der Waals surface area contributed by atoms with E-state index in [2.05, 4.69) is 15.4 Å². The first kappa shape index (κ1) is 17.9. The molecule has 0 bridgehead atoms. The Morgan fingerprint density at radius 1 is 1.24 bits per heavy atom. The van der Waals surface area contributed by atoms with Crippen LogP contribution in [0.4, 0.5) is 0 Å². The normalized spacial score (nSPS) is 12.8. The first-order valence-electron chi connectivity index (χ1n) is 8.99. The number of ether oxygens (including phenoxy) is 2. The highest BCUT2D eigenvalue weighted by molar-refractivity contribution is 7.15. The molecule has 4 heterocycles. The second-order valence-corrected chi connectivity index (χ2v) is 8.11. The maximum absolute atomic E-state index is 12.1. The highest BCUT2D eigenvalue weighted by Gasteiger charge is 2.13. The molecule has 0 aliphatic carbocycles. The van der Waals surface area contributed by atoms with E-state index in [0.717, 1.165) is 32.7 Å². The maximum Gasteiger partial charge on any atom is 0.244 e. The number of rotatable bonds is 6. The molecule has 0 fully saturated rings. The molecule has 4 aromatic rings. The molecule has 1 aliphatic heterocycles. The van der Waals surface area contributed by atoms with Gasteiger partial charge >= 0.3 is 0 Å². The maximum atomic E-state index is 12.1. The van der Waals surface area contributed by atoms with Gasteiger partial charge in [0.25, 0.3) is 0 Å². The smallest absolute Gasteiger partial charge is 0.244 e. The molecular formula is C20H16N4O3S2. The molecule has 1 N–H and O–H groups in total. The highest BCUT2D eigenvalue weighted by atomic mass is 32.1. The van der Waals surface area contributed by atoms with Gasteiger partial charge in [-0.05, 0) is 35.2 Å². The van der Waals surface area contributed by atoms with Crippen LogP contribution in [0.5, 0.6) is 11.5 Å². The molecule has 0 saturated carbocycles. The van der Waals surface area contributed by atoms with Crippen LogP contribution < -0.4 is 14.8 Å². The number of carbonyl (C=O) groups is 1. The number of hydrogen-bond donors (Lipinski definition) is 1. The Bertz CT molecular complexity index is 1190. The van der Waals surface area contributed by atoms with Crippen LogP contribution >= 0.6 is 22.7 Å². The Kier molecular flexibility index (Phi) is 4.74. The van der Waals surface area contributed by atoms with Crippen molar-refractivity contribution >= 4 is 39.6 Å². The largest absolute Gasteiger partial charge is 0.454 e. The van der Waals surface area contributed by atoms with Crippen LogP contribution in [0.2, 0.25) is 0 Å². The lowest BCUT2D eigenvalue weighted by Gasteiger charge is -2.01. The fourth-order valence-electron chi connectivity index (χ4n) is 2.97. The summed E-state index contributed by atoms with van der Waals surface area (Å²) in [5.74, 6) is 2.02. The Hall–Kier alpha value is -3.17. The number of hydrogen-bond acceptors (Lipinski definition) is 7. The summed E-state index contributed by atoms with van der Waals surface area (Å²) in [5.41, 5.74) is 1.91. The molecule has 3 aromatic heterocycles. The number of carbonyl (C=O) groups excluding carboxylic acids is 1. The SMILES string of the molecule is O=C(/C=C/c1ccc2c(c1)OCO2)NCCc1csc2nc(-c3cccs3)nn12. The lowest BCUT2D eigenvalue weighted by Crippen LogP contribution is -2.23. The summed E-state index contributed by atoms with van der Waals surface area (Å²) in [5, 5.41) is 11.5. The van der Waals surface area contributed by atoms with Crippen LogP contribution in [0.25, 0.3) is 21.7 Å². The minimum absolute atomic E-state index is 0.146. The van der Waals surface area contributed by atoms with Crippen LogP contribution in [0.1, 0.15) is 11.3 Å². The molecular weight excluding hydrogens is 408 g/mol.